The quantitative estimate of drug-likeness (QED) is 0.918. The summed E-state index contributed by atoms with van der Waals surface area (Å²) in [5, 5.41) is 7.79. The molecule has 2 aromatic rings. The highest BCUT2D eigenvalue weighted by Crippen LogP contribution is 2.16. The van der Waals surface area contributed by atoms with E-state index in [9.17, 15) is 4.79 Å². The predicted molar refractivity (Wildman–Crippen MR) is 95.0 cm³/mol. The summed E-state index contributed by atoms with van der Waals surface area (Å²) in [4.78, 5) is 14.7. The molecule has 128 valence electrons. The van der Waals surface area contributed by atoms with Crippen molar-refractivity contribution in [2.75, 3.05) is 13.1 Å². The van der Waals surface area contributed by atoms with Crippen LogP contribution >= 0.6 is 0 Å². The first kappa shape index (κ1) is 16.7. The normalized spacial score (nSPS) is 15.9. The van der Waals surface area contributed by atoms with Crippen molar-refractivity contribution in [1.29, 1.82) is 0 Å². The van der Waals surface area contributed by atoms with Crippen LogP contribution in [0.15, 0.2) is 42.7 Å². The molecule has 2 heterocycles. The Morgan fingerprint density at radius 2 is 2.08 bits per heavy atom. The molecule has 24 heavy (non-hydrogen) atoms. The van der Waals surface area contributed by atoms with Gasteiger partial charge in [-0.05, 0) is 36.6 Å². The van der Waals surface area contributed by atoms with Gasteiger partial charge in [-0.25, -0.2) is 0 Å². The van der Waals surface area contributed by atoms with Gasteiger partial charge >= 0.3 is 0 Å². The second-order valence-electron chi connectivity index (χ2n) is 6.79. The van der Waals surface area contributed by atoms with Crippen LogP contribution in [0.5, 0.6) is 0 Å². The number of piperidine rings is 1. The van der Waals surface area contributed by atoms with Gasteiger partial charge < -0.3 is 10.2 Å². The van der Waals surface area contributed by atoms with E-state index in [-0.39, 0.29) is 5.91 Å². The predicted octanol–water partition coefficient (Wildman–Crippen LogP) is 2.53. The number of carbonyl (C=O) groups is 1. The van der Waals surface area contributed by atoms with E-state index < -0.39 is 0 Å². The van der Waals surface area contributed by atoms with Gasteiger partial charge in [-0.1, -0.05) is 26.0 Å². The van der Waals surface area contributed by atoms with Crippen molar-refractivity contribution in [2.45, 2.75) is 45.3 Å². The van der Waals surface area contributed by atoms with Gasteiger partial charge in [0.1, 0.15) is 0 Å². The Hall–Kier alpha value is -2.14. The summed E-state index contributed by atoms with van der Waals surface area (Å²) in [7, 11) is 0. The Bertz CT molecular complexity index is 658. The number of nitrogens with zero attached hydrogens (tertiary/aromatic N) is 3. The first-order valence-electron chi connectivity index (χ1n) is 8.73. The van der Waals surface area contributed by atoms with E-state index >= 15 is 0 Å². The van der Waals surface area contributed by atoms with Crippen LogP contribution in [0.2, 0.25) is 0 Å². The molecule has 1 N–H and O–H groups in total. The van der Waals surface area contributed by atoms with Crippen LogP contribution in [-0.2, 0) is 6.54 Å². The second-order valence-corrected chi connectivity index (χ2v) is 6.79. The van der Waals surface area contributed by atoms with Crippen molar-refractivity contribution in [1.82, 2.24) is 20.0 Å². The topological polar surface area (TPSA) is 50.2 Å². The van der Waals surface area contributed by atoms with Crippen LogP contribution in [0.1, 0.15) is 42.6 Å². The molecule has 1 aromatic heterocycles. The fourth-order valence-electron chi connectivity index (χ4n) is 3.29. The minimum absolute atomic E-state index is 0.139. The summed E-state index contributed by atoms with van der Waals surface area (Å²) in [5.41, 5.74) is 1.87. The van der Waals surface area contributed by atoms with Gasteiger partial charge in [0.05, 0.1) is 6.54 Å². The number of rotatable bonds is 5. The fraction of sp³-hybridized carbons (Fsp3) is 0.474. The van der Waals surface area contributed by atoms with Crippen LogP contribution in [0, 0.1) is 0 Å². The highest BCUT2D eigenvalue weighted by Gasteiger charge is 2.23. The molecule has 0 saturated carbocycles. The van der Waals surface area contributed by atoms with Crippen molar-refractivity contribution in [2.24, 2.45) is 0 Å². The molecule has 1 aliphatic heterocycles. The molecular weight excluding hydrogens is 300 g/mol. The van der Waals surface area contributed by atoms with Gasteiger partial charge in [-0.3, -0.25) is 9.48 Å². The molecule has 1 aromatic carbocycles. The highest BCUT2D eigenvalue weighted by molar-refractivity contribution is 5.94. The van der Waals surface area contributed by atoms with Gasteiger partial charge in [-0.2, -0.15) is 5.10 Å². The van der Waals surface area contributed by atoms with Crippen molar-refractivity contribution >= 4 is 5.91 Å². The Morgan fingerprint density at radius 1 is 1.29 bits per heavy atom. The number of hydrogen-bond donors (Lipinski definition) is 1. The summed E-state index contributed by atoms with van der Waals surface area (Å²) in [6.07, 6.45) is 5.75. The summed E-state index contributed by atoms with van der Waals surface area (Å²) in [6, 6.07) is 10.8. The SMILES string of the molecule is CC(C)NC1CCN(C(=O)c2cccc(Cn3cccn3)c2)CC1. The smallest absolute Gasteiger partial charge is 0.253 e. The minimum atomic E-state index is 0.139. The van der Waals surface area contributed by atoms with E-state index in [4.69, 9.17) is 0 Å². The lowest BCUT2D eigenvalue weighted by molar-refractivity contribution is 0.0703. The van der Waals surface area contributed by atoms with Crippen LogP contribution in [0.25, 0.3) is 0 Å². The number of aromatic nitrogens is 2. The van der Waals surface area contributed by atoms with Crippen molar-refractivity contribution in [3.8, 4) is 0 Å². The van der Waals surface area contributed by atoms with Crippen LogP contribution in [0.3, 0.4) is 0 Å². The average Bonchev–Trinajstić information content (AvgIpc) is 3.07. The molecule has 5 nitrogen and oxygen atoms in total. The minimum Gasteiger partial charge on any atom is -0.339 e. The monoisotopic (exact) mass is 326 g/mol. The molecule has 1 amide bonds. The zero-order valence-electron chi connectivity index (χ0n) is 14.5. The standard InChI is InChI=1S/C19H26N4O/c1-15(2)21-18-7-11-22(12-8-18)19(24)17-6-3-5-16(13-17)14-23-10-4-9-20-23/h3-6,9-10,13,15,18,21H,7-8,11-12,14H2,1-2H3. The molecular formula is C19H26N4O. The number of benzene rings is 1. The first-order chi connectivity index (χ1) is 11.6. The summed E-state index contributed by atoms with van der Waals surface area (Å²) < 4.78 is 1.87. The van der Waals surface area contributed by atoms with Crippen LogP contribution in [-0.4, -0.2) is 45.8 Å². The zero-order chi connectivity index (χ0) is 16.9. The second kappa shape index (κ2) is 7.62. The van der Waals surface area contributed by atoms with Gasteiger partial charge in [0.15, 0.2) is 0 Å². The third-order valence-electron chi connectivity index (χ3n) is 4.43. The van der Waals surface area contributed by atoms with Gasteiger partial charge in [-0.15, -0.1) is 0 Å². The lowest BCUT2D eigenvalue weighted by Gasteiger charge is -2.33. The van der Waals surface area contributed by atoms with Crippen molar-refractivity contribution in [3.05, 3.63) is 53.9 Å². The Kier molecular flexibility index (Phi) is 5.30. The number of likely N-dealkylation sites (tertiary alicyclic amines) is 1. The summed E-state index contributed by atoms with van der Waals surface area (Å²) in [5.74, 6) is 0.139. The van der Waals surface area contributed by atoms with E-state index in [1.165, 1.54) is 0 Å². The maximum absolute atomic E-state index is 12.8. The van der Waals surface area contributed by atoms with Crippen LogP contribution in [0.4, 0.5) is 0 Å². The maximum atomic E-state index is 12.8. The third-order valence-corrected chi connectivity index (χ3v) is 4.43. The Labute approximate surface area is 143 Å². The number of hydrogen-bond acceptors (Lipinski definition) is 3. The lowest BCUT2D eigenvalue weighted by Crippen LogP contribution is -2.46. The average molecular weight is 326 g/mol. The maximum Gasteiger partial charge on any atom is 0.253 e. The fourth-order valence-corrected chi connectivity index (χ4v) is 3.29. The van der Waals surface area contributed by atoms with Gasteiger partial charge in [0, 0.05) is 43.1 Å². The van der Waals surface area contributed by atoms with E-state index in [2.05, 4.69) is 24.3 Å². The third kappa shape index (κ3) is 4.23. The molecule has 3 rings (SSSR count). The molecule has 0 spiro atoms. The van der Waals surface area contributed by atoms with Crippen LogP contribution < -0.4 is 5.32 Å². The molecule has 1 aliphatic rings. The van der Waals surface area contributed by atoms with Crippen molar-refractivity contribution in [3.63, 3.8) is 0 Å². The van der Waals surface area contributed by atoms with E-state index in [1.807, 2.05) is 46.1 Å². The molecule has 1 saturated heterocycles. The van der Waals surface area contributed by atoms with Gasteiger partial charge in [0.2, 0.25) is 0 Å². The lowest BCUT2D eigenvalue weighted by atomic mass is 10.0. The Morgan fingerprint density at radius 3 is 2.75 bits per heavy atom. The zero-order valence-corrected chi connectivity index (χ0v) is 14.5. The molecule has 0 aliphatic carbocycles. The number of amides is 1. The largest absolute Gasteiger partial charge is 0.339 e. The number of nitrogens with one attached hydrogen (secondary N) is 1. The Balaban J connectivity index is 1.61. The summed E-state index contributed by atoms with van der Waals surface area (Å²) in [6.45, 7) is 6.68. The van der Waals surface area contributed by atoms with Gasteiger partial charge in [0.25, 0.3) is 5.91 Å². The van der Waals surface area contributed by atoms with E-state index in [0.29, 0.717) is 18.6 Å². The highest BCUT2D eigenvalue weighted by atomic mass is 16.2. The molecule has 1 fully saturated rings. The molecule has 0 bridgehead atoms. The van der Waals surface area contributed by atoms with E-state index in [1.54, 1.807) is 6.20 Å². The molecule has 0 unspecified atom stereocenters. The molecule has 0 radical (unpaired) electrons. The first-order valence-corrected chi connectivity index (χ1v) is 8.73. The van der Waals surface area contributed by atoms with E-state index in [0.717, 1.165) is 37.1 Å². The number of carbonyl (C=O) groups excluding carboxylic acids is 1. The molecule has 5 heteroatoms. The summed E-state index contributed by atoms with van der Waals surface area (Å²) >= 11 is 0. The molecule has 0 atom stereocenters. The van der Waals surface area contributed by atoms with Crippen molar-refractivity contribution < 1.29 is 4.79 Å².